The van der Waals surface area contributed by atoms with Crippen molar-refractivity contribution >= 4 is 32.1 Å². The van der Waals surface area contributed by atoms with Crippen LogP contribution in [0, 0.1) is 0 Å². The highest BCUT2D eigenvalue weighted by atomic mass is 79.9. The van der Waals surface area contributed by atoms with Crippen LogP contribution in [0.4, 0.5) is 0 Å². The molecule has 0 fully saturated rings. The van der Waals surface area contributed by atoms with E-state index in [2.05, 4.69) is 97.7 Å². The maximum absolute atomic E-state index is 7.27. The Hall–Kier alpha value is -0.686. The zero-order chi connectivity index (χ0) is 17.5. The van der Waals surface area contributed by atoms with Gasteiger partial charge in [-0.3, -0.25) is 0 Å². The van der Waals surface area contributed by atoms with E-state index in [4.69, 9.17) is 4.74 Å². The summed E-state index contributed by atoms with van der Waals surface area (Å²) in [7, 11) is -3.40. The normalized spacial score (nSPS) is 28.0. The van der Waals surface area contributed by atoms with Crippen LogP contribution in [0.3, 0.4) is 0 Å². The number of ether oxygens (including phenoxy) is 1. The second kappa shape index (κ2) is 4.73. The van der Waals surface area contributed by atoms with Gasteiger partial charge in [0, 0.05) is 4.47 Å². The van der Waals surface area contributed by atoms with Gasteiger partial charge in [-0.25, -0.2) is 0 Å². The van der Waals surface area contributed by atoms with E-state index in [9.17, 15) is 0 Å². The molecule has 0 spiro atoms. The van der Waals surface area contributed by atoms with Crippen molar-refractivity contribution in [1.82, 2.24) is 0 Å². The number of benzene rings is 2. The van der Waals surface area contributed by atoms with Crippen LogP contribution in [0.5, 0.6) is 0 Å². The standard InChI is InChI=1S/C20H25BrOSi2/c1-23(2,3)19-15-9-7-8-10-16(15)20(22-19,24(4,5)6)18-13-14(21)11-12-17(18)19/h7-13H,1-6H3/t19-,20+/m1/s1. The van der Waals surface area contributed by atoms with Crippen molar-refractivity contribution in [1.29, 1.82) is 0 Å². The fraction of sp³-hybridized carbons (Fsp3) is 0.400. The largest absolute Gasteiger partial charge is 0.357 e. The number of halogens is 1. The first-order valence-electron chi connectivity index (χ1n) is 8.66. The molecule has 2 aromatic carbocycles. The molecular weight excluding hydrogens is 392 g/mol. The van der Waals surface area contributed by atoms with Gasteiger partial charge >= 0.3 is 0 Å². The number of hydrogen-bond acceptors (Lipinski definition) is 1. The predicted octanol–water partition coefficient (Wildman–Crippen LogP) is 6.03. The van der Waals surface area contributed by atoms with E-state index in [0.29, 0.717) is 0 Å². The van der Waals surface area contributed by atoms with Crippen molar-refractivity contribution in [3.63, 3.8) is 0 Å². The molecule has 2 aromatic rings. The minimum atomic E-state index is -1.70. The van der Waals surface area contributed by atoms with E-state index in [-0.39, 0.29) is 10.4 Å². The zero-order valence-electron chi connectivity index (χ0n) is 15.3. The maximum atomic E-state index is 7.27. The van der Waals surface area contributed by atoms with E-state index in [1.165, 1.54) is 22.3 Å². The van der Waals surface area contributed by atoms with Crippen molar-refractivity contribution in [3.05, 3.63) is 69.2 Å². The van der Waals surface area contributed by atoms with Crippen molar-refractivity contribution in [2.45, 2.75) is 49.7 Å². The third-order valence-corrected chi connectivity index (χ3v) is 11.8. The average molecular weight is 417 g/mol. The summed E-state index contributed by atoms with van der Waals surface area (Å²) >= 11 is 3.71. The van der Waals surface area contributed by atoms with E-state index < -0.39 is 16.1 Å². The predicted molar refractivity (Wildman–Crippen MR) is 110 cm³/mol. The Morgan fingerprint density at radius 2 is 1.17 bits per heavy atom. The van der Waals surface area contributed by atoms with Gasteiger partial charge in [-0.2, -0.15) is 0 Å². The molecule has 0 amide bonds. The first kappa shape index (κ1) is 16.8. The van der Waals surface area contributed by atoms with Crippen LogP contribution in [-0.4, -0.2) is 16.1 Å². The third-order valence-electron chi connectivity index (χ3n) is 5.84. The SMILES string of the molecule is C[Si](C)(C)[C@]12O[C@]([Si](C)(C)C)(c3ccccc31)c1cc(Br)ccc12. The van der Waals surface area contributed by atoms with Gasteiger partial charge in [-0.05, 0) is 34.4 Å². The summed E-state index contributed by atoms with van der Waals surface area (Å²) in [6.45, 7) is 14.7. The van der Waals surface area contributed by atoms with Gasteiger partial charge in [-0.15, -0.1) is 0 Å². The highest BCUT2D eigenvalue weighted by molar-refractivity contribution is 9.10. The second-order valence-electron chi connectivity index (χ2n) is 9.20. The Balaban J connectivity index is 2.20. The molecular formula is C20H25BrOSi2. The van der Waals surface area contributed by atoms with Crippen LogP contribution in [0.15, 0.2) is 46.9 Å². The number of hydrogen-bond donors (Lipinski definition) is 0. The fourth-order valence-corrected chi connectivity index (χ4v) is 10.3. The molecule has 0 saturated heterocycles. The molecule has 126 valence electrons. The van der Waals surface area contributed by atoms with Crippen molar-refractivity contribution < 1.29 is 4.74 Å². The first-order chi connectivity index (χ1) is 11.1. The highest BCUT2D eigenvalue weighted by Crippen LogP contribution is 2.66. The van der Waals surface area contributed by atoms with Crippen molar-refractivity contribution in [3.8, 4) is 0 Å². The third kappa shape index (κ3) is 1.73. The van der Waals surface area contributed by atoms with Crippen molar-refractivity contribution in [2.75, 3.05) is 0 Å². The molecule has 0 radical (unpaired) electrons. The first-order valence-corrected chi connectivity index (χ1v) is 16.5. The molecule has 0 aliphatic carbocycles. The van der Waals surface area contributed by atoms with Crippen LogP contribution in [0.2, 0.25) is 39.3 Å². The summed E-state index contributed by atoms with van der Waals surface area (Å²) in [4.78, 5) is 0. The van der Waals surface area contributed by atoms with E-state index in [0.717, 1.165) is 4.47 Å². The van der Waals surface area contributed by atoms with Gasteiger partial charge in [0.05, 0.1) is 16.1 Å². The molecule has 2 aliphatic heterocycles. The summed E-state index contributed by atoms with van der Waals surface area (Å²) in [5.41, 5.74) is 5.70. The molecule has 4 rings (SSSR count). The van der Waals surface area contributed by atoms with E-state index in [1.54, 1.807) is 0 Å². The van der Waals surface area contributed by atoms with Gasteiger partial charge in [0.15, 0.2) is 0 Å². The lowest BCUT2D eigenvalue weighted by atomic mass is 9.85. The fourth-order valence-electron chi connectivity index (χ4n) is 4.87. The summed E-state index contributed by atoms with van der Waals surface area (Å²) in [6.07, 6.45) is 0. The summed E-state index contributed by atoms with van der Waals surface area (Å²) < 4.78 is 8.43. The lowest BCUT2D eigenvalue weighted by Crippen LogP contribution is -2.51. The van der Waals surface area contributed by atoms with Gasteiger partial charge in [-0.1, -0.05) is 85.5 Å². The van der Waals surface area contributed by atoms with Crippen LogP contribution < -0.4 is 0 Å². The topological polar surface area (TPSA) is 9.23 Å². The quantitative estimate of drug-likeness (QED) is 0.542. The Labute approximate surface area is 155 Å². The lowest BCUT2D eigenvalue weighted by Gasteiger charge is -2.39. The Morgan fingerprint density at radius 1 is 0.708 bits per heavy atom. The Morgan fingerprint density at radius 3 is 1.67 bits per heavy atom. The summed E-state index contributed by atoms with van der Waals surface area (Å²) in [5.74, 6) is 0. The second-order valence-corrected chi connectivity index (χ2v) is 20.5. The molecule has 2 atom stereocenters. The minimum Gasteiger partial charge on any atom is -0.357 e. The maximum Gasteiger partial charge on any atom is 0.108 e. The highest BCUT2D eigenvalue weighted by Gasteiger charge is 2.70. The van der Waals surface area contributed by atoms with Crippen molar-refractivity contribution in [2.24, 2.45) is 0 Å². The Bertz CT molecular complexity index is 849. The molecule has 1 nitrogen and oxygen atoms in total. The molecule has 2 bridgehead atoms. The van der Waals surface area contributed by atoms with Crippen LogP contribution >= 0.6 is 15.9 Å². The molecule has 24 heavy (non-hydrogen) atoms. The van der Waals surface area contributed by atoms with E-state index >= 15 is 0 Å². The molecule has 4 heteroatoms. The average Bonchev–Trinajstić information content (AvgIpc) is 2.96. The van der Waals surface area contributed by atoms with Gasteiger partial charge in [0.1, 0.15) is 10.4 Å². The smallest absolute Gasteiger partial charge is 0.108 e. The van der Waals surface area contributed by atoms with Gasteiger partial charge in [0.2, 0.25) is 0 Å². The minimum absolute atomic E-state index is 0.222. The molecule has 2 aliphatic rings. The monoisotopic (exact) mass is 416 g/mol. The van der Waals surface area contributed by atoms with Crippen LogP contribution in [0.25, 0.3) is 0 Å². The molecule has 0 aromatic heterocycles. The number of fused-ring (bicyclic) bond motifs is 8. The van der Waals surface area contributed by atoms with Gasteiger partial charge < -0.3 is 4.74 Å². The lowest BCUT2D eigenvalue weighted by molar-refractivity contribution is 0.0116. The van der Waals surface area contributed by atoms with Crippen LogP contribution in [-0.2, 0) is 15.2 Å². The molecule has 0 N–H and O–H groups in total. The molecule has 0 saturated carbocycles. The van der Waals surface area contributed by atoms with E-state index in [1.807, 2.05) is 0 Å². The molecule has 2 heterocycles. The molecule has 0 unspecified atom stereocenters. The Kier molecular flexibility index (Phi) is 3.30. The summed E-state index contributed by atoms with van der Waals surface area (Å²) in [5, 5.41) is -0.455. The zero-order valence-corrected chi connectivity index (χ0v) is 18.9. The summed E-state index contributed by atoms with van der Waals surface area (Å²) in [6, 6.07) is 15.8. The van der Waals surface area contributed by atoms with Gasteiger partial charge in [0.25, 0.3) is 0 Å². The van der Waals surface area contributed by atoms with Crippen LogP contribution in [0.1, 0.15) is 22.3 Å². The number of rotatable bonds is 2.